The molecular weight excluding hydrogens is 713 g/mol. The van der Waals surface area contributed by atoms with E-state index in [9.17, 15) is 9.59 Å². The second kappa shape index (κ2) is 16.2. The molecule has 1 unspecified atom stereocenters. The molecule has 0 bridgehead atoms. The minimum absolute atomic E-state index is 0.170. The van der Waals surface area contributed by atoms with Crippen LogP contribution in [-0.2, 0) is 16.0 Å². The number of carbonyl (C=O) groups excluding carboxylic acids is 2. The van der Waals surface area contributed by atoms with Crippen molar-refractivity contribution in [2.75, 3.05) is 50.0 Å². The Labute approximate surface area is 333 Å². The molecule has 2 fully saturated rings. The third-order valence-corrected chi connectivity index (χ3v) is 11.9. The first kappa shape index (κ1) is 36.6. The van der Waals surface area contributed by atoms with Crippen LogP contribution in [0.4, 0.5) is 17.3 Å². The van der Waals surface area contributed by atoms with Crippen LogP contribution in [0, 0.1) is 6.92 Å². The molecule has 0 aliphatic carbocycles. The molecule has 2 aromatic heterocycles. The quantitative estimate of drug-likeness (QED) is 0.125. The van der Waals surface area contributed by atoms with E-state index in [1.165, 1.54) is 22.3 Å². The molecule has 3 N–H and O–H groups in total. The van der Waals surface area contributed by atoms with E-state index in [2.05, 4.69) is 134 Å². The van der Waals surface area contributed by atoms with E-state index in [1.807, 2.05) is 12.4 Å². The third-order valence-electron chi connectivity index (χ3n) is 11.9. The van der Waals surface area contributed by atoms with Gasteiger partial charge in [0.15, 0.2) is 0 Å². The van der Waals surface area contributed by atoms with E-state index in [0.29, 0.717) is 37.2 Å². The molecule has 0 radical (unpaired) electrons. The SMILES string of the molecule is Cc1c(Cc2ccc3cnc(Nc4ccc(C5C=CN(CCN6CCC(c7ccc(C8CCC(=O)NC8=O)cc7)CC6)C=C5)cc4)nc3c2)cnc2c1NCCO2. The molecule has 3 aromatic carbocycles. The van der Waals surface area contributed by atoms with Crippen LogP contribution in [0.1, 0.15) is 76.8 Å². The Bertz CT molecular complexity index is 2320. The summed E-state index contributed by atoms with van der Waals surface area (Å²) in [6.45, 7) is 7.69. The zero-order valence-electron chi connectivity index (χ0n) is 32.3. The van der Waals surface area contributed by atoms with Crippen molar-refractivity contribution in [2.45, 2.75) is 56.8 Å². The van der Waals surface area contributed by atoms with Crippen molar-refractivity contribution < 1.29 is 14.3 Å². The van der Waals surface area contributed by atoms with Crippen molar-refractivity contribution in [3.05, 3.63) is 137 Å². The molecule has 0 spiro atoms. The molecular formula is C46H48N8O3. The van der Waals surface area contributed by atoms with Gasteiger partial charge in [-0.3, -0.25) is 14.9 Å². The number of fused-ring (bicyclic) bond motifs is 2. The van der Waals surface area contributed by atoms with Crippen LogP contribution in [0.2, 0.25) is 0 Å². The number of carbonyl (C=O) groups is 2. The highest BCUT2D eigenvalue weighted by Gasteiger charge is 2.28. The maximum atomic E-state index is 12.3. The summed E-state index contributed by atoms with van der Waals surface area (Å²) < 4.78 is 5.71. The van der Waals surface area contributed by atoms with E-state index in [-0.39, 0.29) is 23.7 Å². The molecule has 0 saturated carbocycles. The van der Waals surface area contributed by atoms with E-state index in [1.54, 1.807) is 0 Å². The average Bonchev–Trinajstić information content (AvgIpc) is 3.25. The molecule has 290 valence electrons. The van der Waals surface area contributed by atoms with Gasteiger partial charge in [0.25, 0.3) is 0 Å². The van der Waals surface area contributed by atoms with Gasteiger partial charge in [-0.05, 0) is 103 Å². The first-order valence-corrected chi connectivity index (χ1v) is 20.2. The number of nitrogens with zero attached hydrogens (tertiary/aromatic N) is 5. The highest BCUT2D eigenvalue weighted by molar-refractivity contribution is 6.00. The number of piperidine rings is 2. The number of hydrogen-bond donors (Lipinski definition) is 3. The van der Waals surface area contributed by atoms with Gasteiger partial charge in [-0.2, -0.15) is 0 Å². The molecule has 5 aromatic rings. The van der Waals surface area contributed by atoms with Gasteiger partial charge in [-0.25, -0.2) is 15.0 Å². The Balaban J connectivity index is 0.738. The van der Waals surface area contributed by atoms with Crippen molar-refractivity contribution >= 4 is 40.0 Å². The number of allylic oxidation sites excluding steroid dienone is 2. The van der Waals surface area contributed by atoms with E-state index in [4.69, 9.17) is 9.72 Å². The first-order chi connectivity index (χ1) is 27.9. The molecule has 11 heteroatoms. The van der Waals surface area contributed by atoms with Crippen LogP contribution < -0.4 is 20.7 Å². The van der Waals surface area contributed by atoms with Crippen LogP contribution in [0.3, 0.4) is 0 Å². The summed E-state index contributed by atoms with van der Waals surface area (Å²) in [4.78, 5) is 42.6. The van der Waals surface area contributed by atoms with Crippen LogP contribution >= 0.6 is 0 Å². The maximum absolute atomic E-state index is 12.3. The zero-order valence-corrected chi connectivity index (χ0v) is 32.3. The lowest BCUT2D eigenvalue weighted by molar-refractivity contribution is -0.134. The van der Waals surface area contributed by atoms with Gasteiger partial charge in [-0.15, -0.1) is 0 Å². The van der Waals surface area contributed by atoms with Crippen LogP contribution in [-0.4, -0.2) is 75.9 Å². The molecule has 1 atom stereocenters. The molecule has 2 amide bonds. The van der Waals surface area contributed by atoms with Gasteiger partial charge in [-0.1, -0.05) is 60.7 Å². The number of hydrogen-bond acceptors (Lipinski definition) is 10. The molecule has 4 aliphatic rings. The lowest BCUT2D eigenvalue weighted by Crippen LogP contribution is -2.39. The monoisotopic (exact) mass is 760 g/mol. The van der Waals surface area contributed by atoms with Gasteiger partial charge in [0.2, 0.25) is 23.6 Å². The number of pyridine rings is 1. The second-order valence-corrected chi connectivity index (χ2v) is 15.6. The van der Waals surface area contributed by atoms with Crippen molar-refractivity contribution in [3.8, 4) is 5.88 Å². The third kappa shape index (κ3) is 8.25. The normalized spacial score (nSPS) is 18.9. The Morgan fingerprint density at radius 1 is 0.860 bits per heavy atom. The summed E-state index contributed by atoms with van der Waals surface area (Å²) >= 11 is 0. The van der Waals surface area contributed by atoms with Gasteiger partial charge in [0.1, 0.15) is 12.3 Å². The number of ether oxygens (including phenoxy) is 1. The standard InChI is InChI=1S/C46H48N8O3/c1-30-38(29-48-45-43(30)47-18-25-57-45)26-31-2-3-37-28-49-46(51-41(37)27-31)50-39-10-8-33(9-11-39)35-16-21-54(22-17-35)24-23-53-19-14-34(15-20-53)32-4-6-36(7-5-32)40-12-13-42(55)52-44(40)56/h2-11,16-17,21-22,27-29,34-35,40,47H,12-15,18-20,23-26H2,1H3,(H,49,50,51)(H,52,55,56). The number of benzene rings is 3. The first-order valence-electron chi connectivity index (χ1n) is 20.2. The summed E-state index contributed by atoms with van der Waals surface area (Å²) in [5.41, 5.74) is 9.91. The fraction of sp³-hybridized carbons (Fsp3) is 0.326. The summed E-state index contributed by atoms with van der Waals surface area (Å²) in [5, 5.41) is 10.3. The lowest BCUT2D eigenvalue weighted by atomic mass is 9.86. The van der Waals surface area contributed by atoms with Crippen molar-refractivity contribution in [3.63, 3.8) is 0 Å². The minimum Gasteiger partial charge on any atom is -0.474 e. The Hall–Kier alpha value is -6.07. The largest absolute Gasteiger partial charge is 0.474 e. The number of imide groups is 1. The van der Waals surface area contributed by atoms with Gasteiger partial charge >= 0.3 is 0 Å². The number of likely N-dealkylation sites (tertiary alicyclic amines) is 1. The maximum Gasteiger partial charge on any atom is 0.237 e. The van der Waals surface area contributed by atoms with E-state index >= 15 is 0 Å². The predicted molar refractivity (Wildman–Crippen MR) is 223 cm³/mol. The van der Waals surface area contributed by atoms with E-state index < -0.39 is 0 Å². The molecule has 2 saturated heterocycles. The average molecular weight is 761 g/mol. The van der Waals surface area contributed by atoms with Crippen LogP contribution in [0.25, 0.3) is 10.9 Å². The number of nitrogens with one attached hydrogen (secondary N) is 3. The van der Waals surface area contributed by atoms with Crippen LogP contribution in [0.15, 0.2) is 104 Å². The van der Waals surface area contributed by atoms with Gasteiger partial charge in [0.05, 0.1) is 11.4 Å². The number of amides is 2. The van der Waals surface area contributed by atoms with Gasteiger partial charge < -0.3 is 25.2 Å². The summed E-state index contributed by atoms with van der Waals surface area (Å²) in [6.07, 6.45) is 16.8. The minimum atomic E-state index is -0.225. The Morgan fingerprint density at radius 3 is 2.42 bits per heavy atom. The van der Waals surface area contributed by atoms with Crippen molar-refractivity contribution in [2.24, 2.45) is 0 Å². The predicted octanol–water partition coefficient (Wildman–Crippen LogP) is 7.30. The molecule has 57 heavy (non-hydrogen) atoms. The Morgan fingerprint density at radius 2 is 1.63 bits per heavy atom. The van der Waals surface area contributed by atoms with Crippen molar-refractivity contribution in [1.29, 1.82) is 0 Å². The van der Waals surface area contributed by atoms with Crippen molar-refractivity contribution in [1.82, 2.24) is 30.1 Å². The highest BCUT2D eigenvalue weighted by atomic mass is 16.5. The molecule has 6 heterocycles. The number of anilines is 3. The number of rotatable bonds is 10. The second-order valence-electron chi connectivity index (χ2n) is 15.6. The fourth-order valence-corrected chi connectivity index (χ4v) is 8.47. The molecule has 4 aliphatic heterocycles. The topological polar surface area (TPSA) is 125 Å². The lowest BCUT2D eigenvalue weighted by Gasteiger charge is -2.33. The van der Waals surface area contributed by atoms with Crippen LogP contribution in [0.5, 0.6) is 5.88 Å². The molecule has 9 rings (SSSR count). The molecule has 11 nitrogen and oxygen atoms in total. The Kier molecular flexibility index (Phi) is 10.4. The highest BCUT2D eigenvalue weighted by Crippen LogP contribution is 2.33. The smallest absolute Gasteiger partial charge is 0.237 e. The summed E-state index contributed by atoms with van der Waals surface area (Å²) in [7, 11) is 0. The summed E-state index contributed by atoms with van der Waals surface area (Å²) in [5.74, 6) is 1.44. The van der Waals surface area contributed by atoms with E-state index in [0.717, 1.165) is 85.4 Å². The number of aromatic nitrogens is 3. The summed E-state index contributed by atoms with van der Waals surface area (Å²) in [6, 6.07) is 23.4. The fourth-order valence-electron chi connectivity index (χ4n) is 8.47. The van der Waals surface area contributed by atoms with Gasteiger partial charge in [0, 0.05) is 67.8 Å². The zero-order chi connectivity index (χ0) is 38.7.